The molecule has 0 saturated heterocycles. The highest BCUT2D eigenvalue weighted by molar-refractivity contribution is 6.31. The molecule has 0 heterocycles. The van der Waals surface area contributed by atoms with E-state index in [1.807, 2.05) is 48.5 Å². The van der Waals surface area contributed by atoms with E-state index in [0.717, 1.165) is 22.3 Å². The van der Waals surface area contributed by atoms with Gasteiger partial charge in [0, 0.05) is 11.4 Å². The zero-order valence-corrected chi connectivity index (χ0v) is 15.7. The summed E-state index contributed by atoms with van der Waals surface area (Å²) in [6, 6.07) is 21.5. The molecule has 1 amide bonds. The molecule has 0 saturated carbocycles. The van der Waals surface area contributed by atoms with Crippen molar-refractivity contribution in [2.75, 3.05) is 0 Å². The van der Waals surface area contributed by atoms with Gasteiger partial charge in [0.15, 0.2) is 0 Å². The van der Waals surface area contributed by atoms with Gasteiger partial charge in [-0.25, -0.2) is 4.79 Å². The Labute approximate surface area is 167 Å². The normalized spacial score (nSPS) is 13.5. The quantitative estimate of drug-likeness (QED) is 0.682. The van der Waals surface area contributed by atoms with Crippen molar-refractivity contribution in [2.24, 2.45) is 0 Å². The van der Waals surface area contributed by atoms with Crippen molar-refractivity contribution in [3.05, 3.63) is 94.5 Å². The molecule has 4 nitrogen and oxygen atoms in total. The number of carboxylic acid groups (broad SMARTS) is 1. The highest BCUT2D eigenvalue weighted by atomic mass is 35.5. The number of fused-ring (bicyclic) bond motifs is 3. The van der Waals surface area contributed by atoms with Crippen LogP contribution in [-0.4, -0.2) is 23.0 Å². The lowest BCUT2D eigenvalue weighted by Gasteiger charge is -2.19. The second-order valence-electron chi connectivity index (χ2n) is 6.80. The Kier molecular flexibility index (Phi) is 4.88. The molecule has 0 aliphatic heterocycles. The molecule has 0 aromatic heterocycles. The van der Waals surface area contributed by atoms with E-state index in [1.165, 1.54) is 0 Å². The van der Waals surface area contributed by atoms with Crippen LogP contribution in [0.3, 0.4) is 0 Å². The predicted molar refractivity (Wildman–Crippen MR) is 108 cm³/mol. The molecule has 28 heavy (non-hydrogen) atoms. The van der Waals surface area contributed by atoms with Crippen LogP contribution in [0.15, 0.2) is 72.8 Å². The van der Waals surface area contributed by atoms with Crippen molar-refractivity contribution in [3.8, 4) is 11.1 Å². The van der Waals surface area contributed by atoms with Gasteiger partial charge in [0.2, 0.25) is 5.91 Å². The Balaban J connectivity index is 1.63. The fourth-order valence-corrected chi connectivity index (χ4v) is 3.99. The minimum absolute atomic E-state index is 0.122. The molecule has 0 radical (unpaired) electrons. The summed E-state index contributed by atoms with van der Waals surface area (Å²) >= 11 is 6.16. The second kappa shape index (κ2) is 7.49. The van der Waals surface area contributed by atoms with Crippen molar-refractivity contribution in [1.29, 1.82) is 0 Å². The first-order valence-electron chi connectivity index (χ1n) is 9.01. The Morgan fingerprint density at radius 2 is 1.43 bits per heavy atom. The van der Waals surface area contributed by atoms with Crippen LogP contribution < -0.4 is 5.32 Å². The van der Waals surface area contributed by atoms with Gasteiger partial charge in [-0.05, 0) is 33.9 Å². The molecule has 1 atom stereocenters. The van der Waals surface area contributed by atoms with Crippen LogP contribution in [0.4, 0.5) is 0 Å². The number of carbonyl (C=O) groups excluding carboxylic acids is 1. The summed E-state index contributed by atoms with van der Waals surface area (Å²) in [5, 5.41) is 12.9. The molecule has 2 N–H and O–H groups in total. The van der Waals surface area contributed by atoms with Crippen molar-refractivity contribution < 1.29 is 14.7 Å². The zero-order valence-electron chi connectivity index (χ0n) is 14.9. The van der Waals surface area contributed by atoms with E-state index < -0.39 is 17.9 Å². The maximum atomic E-state index is 13.2. The molecule has 1 aliphatic carbocycles. The van der Waals surface area contributed by atoms with Crippen LogP contribution >= 0.6 is 11.6 Å². The van der Waals surface area contributed by atoms with Gasteiger partial charge in [0.1, 0.15) is 6.04 Å². The van der Waals surface area contributed by atoms with Crippen molar-refractivity contribution >= 4 is 23.5 Å². The SMILES string of the molecule is O=C(N[C@H](Cc1ccccc1Cl)C(=O)O)C1c2ccccc2-c2ccccc21. The van der Waals surface area contributed by atoms with Gasteiger partial charge in [-0.1, -0.05) is 78.3 Å². The summed E-state index contributed by atoms with van der Waals surface area (Å²) in [6.07, 6.45) is 0.122. The number of nitrogens with one attached hydrogen (secondary N) is 1. The molecule has 3 aromatic rings. The molecule has 5 heteroatoms. The molecule has 140 valence electrons. The van der Waals surface area contributed by atoms with E-state index >= 15 is 0 Å². The number of carbonyl (C=O) groups is 2. The van der Waals surface area contributed by atoms with E-state index in [2.05, 4.69) is 5.32 Å². The van der Waals surface area contributed by atoms with Gasteiger partial charge in [0.25, 0.3) is 0 Å². The molecule has 0 unspecified atom stereocenters. The predicted octanol–water partition coefficient (Wildman–Crippen LogP) is 4.26. The number of rotatable bonds is 5. The fourth-order valence-electron chi connectivity index (χ4n) is 3.78. The molecule has 4 rings (SSSR count). The van der Waals surface area contributed by atoms with Crippen LogP contribution in [0.2, 0.25) is 5.02 Å². The molecule has 3 aromatic carbocycles. The number of aliphatic carboxylic acids is 1. The minimum atomic E-state index is -1.09. The van der Waals surface area contributed by atoms with E-state index in [9.17, 15) is 14.7 Å². The van der Waals surface area contributed by atoms with Crippen LogP contribution in [0.1, 0.15) is 22.6 Å². The van der Waals surface area contributed by atoms with E-state index in [1.54, 1.807) is 24.3 Å². The first-order valence-corrected chi connectivity index (χ1v) is 9.39. The molecule has 1 aliphatic rings. The zero-order chi connectivity index (χ0) is 19.7. The van der Waals surface area contributed by atoms with Crippen molar-refractivity contribution in [1.82, 2.24) is 5.32 Å². The third kappa shape index (κ3) is 3.27. The van der Waals surface area contributed by atoms with Gasteiger partial charge in [-0.3, -0.25) is 4.79 Å². The van der Waals surface area contributed by atoms with Crippen molar-refractivity contribution in [3.63, 3.8) is 0 Å². The van der Waals surface area contributed by atoms with Gasteiger partial charge >= 0.3 is 5.97 Å². The number of hydrogen-bond acceptors (Lipinski definition) is 2. The fraction of sp³-hybridized carbons (Fsp3) is 0.130. The number of halogens is 1. The number of hydrogen-bond donors (Lipinski definition) is 2. The second-order valence-corrected chi connectivity index (χ2v) is 7.21. The maximum absolute atomic E-state index is 13.2. The molecular formula is C23H18ClNO3. The lowest BCUT2D eigenvalue weighted by atomic mass is 9.95. The average molecular weight is 392 g/mol. The first kappa shape index (κ1) is 18.3. The Hall–Kier alpha value is -3.11. The summed E-state index contributed by atoms with van der Waals surface area (Å²) in [6.45, 7) is 0. The summed E-state index contributed by atoms with van der Waals surface area (Å²) < 4.78 is 0. The lowest BCUT2D eigenvalue weighted by Crippen LogP contribution is -2.44. The largest absolute Gasteiger partial charge is 0.480 e. The summed E-state index contributed by atoms with van der Waals surface area (Å²) in [5.41, 5.74) is 4.49. The third-order valence-electron chi connectivity index (χ3n) is 5.09. The Morgan fingerprint density at radius 1 is 0.893 bits per heavy atom. The Morgan fingerprint density at radius 3 is 2.00 bits per heavy atom. The smallest absolute Gasteiger partial charge is 0.326 e. The summed E-state index contributed by atoms with van der Waals surface area (Å²) in [7, 11) is 0. The molecule has 0 bridgehead atoms. The molecular weight excluding hydrogens is 374 g/mol. The first-order chi connectivity index (χ1) is 13.6. The van der Waals surface area contributed by atoms with Crippen LogP contribution in [-0.2, 0) is 16.0 Å². The standard InChI is InChI=1S/C23H18ClNO3/c24-19-12-6-1-7-14(19)13-20(23(27)28)25-22(26)21-17-10-4-2-8-15(17)16-9-3-5-11-18(16)21/h1-12,20-21H,13H2,(H,25,26)(H,27,28)/t20-/m1/s1. The number of carboxylic acids is 1. The van der Waals surface area contributed by atoms with Crippen molar-refractivity contribution in [2.45, 2.75) is 18.4 Å². The van der Waals surface area contributed by atoms with Crippen LogP contribution in [0.5, 0.6) is 0 Å². The van der Waals surface area contributed by atoms with E-state index in [0.29, 0.717) is 10.6 Å². The topological polar surface area (TPSA) is 66.4 Å². The monoisotopic (exact) mass is 391 g/mol. The van der Waals surface area contributed by atoms with E-state index in [-0.39, 0.29) is 12.3 Å². The van der Waals surface area contributed by atoms with Crippen LogP contribution in [0, 0.1) is 0 Å². The summed E-state index contributed by atoms with van der Waals surface area (Å²) in [4.78, 5) is 25.0. The van der Waals surface area contributed by atoms with Gasteiger partial charge < -0.3 is 10.4 Å². The number of amides is 1. The summed E-state index contributed by atoms with van der Waals surface area (Å²) in [5.74, 6) is -1.94. The highest BCUT2D eigenvalue weighted by Crippen LogP contribution is 2.44. The van der Waals surface area contributed by atoms with E-state index in [4.69, 9.17) is 11.6 Å². The highest BCUT2D eigenvalue weighted by Gasteiger charge is 2.35. The minimum Gasteiger partial charge on any atom is -0.480 e. The average Bonchev–Trinajstić information content (AvgIpc) is 3.03. The Bertz CT molecular complexity index is 1020. The van der Waals surface area contributed by atoms with Gasteiger partial charge in [-0.2, -0.15) is 0 Å². The third-order valence-corrected chi connectivity index (χ3v) is 5.46. The maximum Gasteiger partial charge on any atom is 0.326 e. The van der Waals surface area contributed by atoms with Crippen LogP contribution in [0.25, 0.3) is 11.1 Å². The lowest BCUT2D eigenvalue weighted by molar-refractivity contribution is -0.141. The molecule has 0 spiro atoms. The molecule has 0 fully saturated rings. The van der Waals surface area contributed by atoms with Gasteiger partial charge in [0.05, 0.1) is 5.92 Å². The van der Waals surface area contributed by atoms with Gasteiger partial charge in [-0.15, -0.1) is 0 Å². The number of benzene rings is 3.